The van der Waals surface area contributed by atoms with Gasteiger partial charge in [-0.15, -0.1) is 0 Å². The van der Waals surface area contributed by atoms with E-state index in [9.17, 15) is 9.59 Å². The third-order valence-corrected chi connectivity index (χ3v) is 2.94. The van der Waals surface area contributed by atoms with Gasteiger partial charge in [0.2, 0.25) is 0 Å². The Morgan fingerprint density at radius 2 is 2.24 bits per heavy atom. The van der Waals surface area contributed by atoms with Crippen molar-refractivity contribution in [2.45, 2.75) is 13.3 Å². The van der Waals surface area contributed by atoms with Crippen LogP contribution in [-0.4, -0.2) is 45.1 Å². The van der Waals surface area contributed by atoms with Gasteiger partial charge in [-0.1, -0.05) is 5.16 Å². The van der Waals surface area contributed by atoms with Crippen LogP contribution in [0.2, 0.25) is 0 Å². The van der Waals surface area contributed by atoms with Crippen molar-refractivity contribution < 1.29 is 19.2 Å². The van der Waals surface area contributed by atoms with Crippen LogP contribution in [0.25, 0.3) is 11.3 Å². The summed E-state index contributed by atoms with van der Waals surface area (Å²) in [6.07, 6.45) is 3.14. The molecule has 0 radical (unpaired) electrons. The minimum atomic E-state index is -0.947. The number of hydrogen-bond acceptors (Lipinski definition) is 5. The van der Waals surface area contributed by atoms with Crippen molar-refractivity contribution in [3.63, 3.8) is 0 Å². The molecule has 2 rings (SSSR count). The van der Waals surface area contributed by atoms with Gasteiger partial charge >= 0.3 is 5.97 Å². The largest absolute Gasteiger partial charge is 0.481 e. The SMILES string of the molecule is CCN(CCC(=O)O)C(=O)c1cc(-c2cccnc2)on1. The monoisotopic (exact) mass is 289 g/mol. The standard InChI is InChI=1S/C14H15N3O4/c1-2-17(7-5-13(18)19)14(20)11-8-12(21-16-11)10-4-3-6-15-9-10/h3-4,6,8-9H,2,5,7H2,1H3,(H,18,19). The lowest BCUT2D eigenvalue weighted by molar-refractivity contribution is -0.137. The first-order chi connectivity index (χ1) is 10.1. The number of carboxylic acids is 1. The summed E-state index contributed by atoms with van der Waals surface area (Å²) in [4.78, 5) is 28.2. The summed E-state index contributed by atoms with van der Waals surface area (Å²) in [6.45, 7) is 2.32. The molecule has 0 unspecified atom stereocenters. The van der Waals surface area contributed by atoms with E-state index in [0.717, 1.165) is 5.56 Å². The van der Waals surface area contributed by atoms with Gasteiger partial charge < -0.3 is 14.5 Å². The van der Waals surface area contributed by atoms with Crippen molar-refractivity contribution in [3.8, 4) is 11.3 Å². The van der Waals surface area contributed by atoms with E-state index < -0.39 is 5.97 Å². The van der Waals surface area contributed by atoms with Gasteiger partial charge in [0.05, 0.1) is 6.42 Å². The van der Waals surface area contributed by atoms with Crippen LogP contribution < -0.4 is 0 Å². The molecule has 2 aromatic rings. The van der Waals surface area contributed by atoms with E-state index in [0.29, 0.717) is 12.3 Å². The number of hydrogen-bond donors (Lipinski definition) is 1. The third kappa shape index (κ3) is 3.65. The predicted molar refractivity (Wildman–Crippen MR) is 73.6 cm³/mol. The first-order valence-corrected chi connectivity index (χ1v) is 6.50. The van der Waals surface area contributed by atoms with E-state index in [2.05, 4.69) is 10.1 Å². The fraction of sp³-hybridized carbons (Fsp3) is 0.286. The normalized spacial score (nSPS) is 10.3. The van der Waals surface area contributed by atoms with Gasteiger partial charge in [-0.3, -0.25) is 14.6 Å². The summed E-state index contributed by atoms with van der Waals surface area (Å²) < 4.78 is 5.14. The molecule has 0 bridgehead atoms. The average Bonchev–Trinajstić information content (AvgIpc) is 2.98. The highest BCUT2D eigenvalue weighted by Crippen LogP contribution is 2.19. The second kappa shape index (κ2) is 6.65. The van der Waals surface area contributed by atoms with Crippen LogP contribution >= 0.6 is 0 Å². The number of carbonyl (C=O) groups is 2. The van der Waals surface area contributed by atoms with Crippen LogP contribution in [0.3, 0.4) is 0 Å². The second-order valence-corrected chi connectivity index (χ2v) is 4.35. The molecule has 0 saturated carbocycles. The molecule has 0 atom stereocenters. The Labute approximate surface area is 121 Å². The van der Waals surface area contributed by atoms with Crippen LogP contribution in [0.1, 0.15) is 23.8 Å². The first-order valence-electron chi connectivity index (χ1n) is 6.50. The molecule has 2 heterocycles. The number of amides is 1. The number of carbonyl (C=O) groups excluding carboxylic acids is 1. The van der Waals surface area contributed by atoms with Gasteiger partial charge in [-0.25, -0.2) is 0 Å². The second-order valence-electron chi connectivity index (χ2n) is 4.35. The average molecular weight is 289 g/mol. The van der Waals surface area contributed by atoms with Gasteiger partial charge in [0, 0.05) is 37.1 Å². The number of pyridine rings is 1. The summed E-state index contributed by atoms with van der Waals surface area (Å²) >= 11 is 0. The zero-order valence-corrected chi connectivity index (χ0v) is 11.5. The molecule has 0 spiro atoms. The summed E-state index contributed by atoms with van der Waals surface area (Å²) in [7, 11) is 0. The van der Waals surface area contributed by atoms with E-state index in [1.165, 1.54) is 11.0 Å². The summed E-state index contributed by atoms with van der Waals surface area (Å²) in [5.41, 5.74) is 0.874. The van der Waals surface area contributed by atoms with E-state index in [4.69, 9.17) is 9.63 Å². The first kappa shape index (κ1) is 14.7. The Balaban J connectivity index is 2.12. The van der Waals surface area contributed by atoms with E-state index in [1.54, 1.807) is 31.5 Å². The lowest BCUT2D eigenvalue weighted by Gasteiger charge is -2.18. The van der Waals surface area contributed by atoms with Crippen molar-refractivity contribution in [2.24, 2.45) is 0 Å². The molecule has 0 aliphatic heterocycles. The molecule has 0 aliphatic rings. The maximum absolute atomic E-state index is 12.2. The highest BCUT2D eigenvalue weighted by molar-refractivity contribution is 5.93. The molecule has 0 aliphatic carbocycles. The number of aromatic nitrogens is 2. The van der Waals surface area contributed by atoms with E-state index >= 15 is 0 Å². The van der Waals surface area contributed by atoms with Crippen molar-refractivity contribution in [2.75, 3.05) is 13.1 Å². The summed E-state index contributed by atoms with van der Waals surface area (Å²) in [5, 5.41) is 12.4. The fourth-order valence-corrected chi connectivity index (χ4v) is 1.82. The summed E-state index contributed by atoms with van der Waals surface area (Å²) in [5.74, 6) is -0.851. The van der Waals surface area contributed by atoms with Crippen LogP contribution in [0.15, 0.2) is 35.1 Å². The quantitative estimate of drug-likeness (QED) is 0.869. The zero-order valence-electron chi connectivity index (χ0n) is 11.5. The fourth-order valence-electron chi connectivity index (χ4n) is 1.82. The Morgan fingerprint density at radius 3 is 2.86 bits per heavy atom. The molecule has 1 N–H and O–H groups in total. The predicted octanol–water partition coefficient (Wildman–Crippen LogP) is 1.67. The smallest absolute Gasteiger partial charge is 0.305 e. The lowest BCUT2D eigenvalue weighted by atomic mass is 10.2. The van der Waals surface area contributed by atoms with Gasteiger partial charge in [-0.2, -0.15) is 0 Å². The summed E-state index contributed by atoms with van der Waals surface area (Å²) in [6, 6.07) is 5.08. The van der Waals surface area contributed by atoms with Crippen LogP contribution in [0, 0.1) is 0 Å². The molecular weight excluding hydrogens is 274 g/mol. The molecule has 1 amide bonds. The Bertz CT molecular complexity index is 624. The number of aliphatic carboxylic acids is 1. The maximum atomic E-state index is 12.2. The molecule has 21 heavy (non-hydrogen) atoms. The zero-order chi connectivity index (χ0) is 15.2. The molecule has 2 aromatic heterocycles. The third-order valence-electron chi connectivity index (χ3n) is 2.94. The molecule has 0 aromatic carbocycles. The van der Waals surface area contributed by atoms with Crippen LogP contribution in [0.5, 0.6) is 0 Å². The molecule has 110 valence electrons. The number of rotatable bonds is 6. The Hall–Kier alpha value is -2.70. The highest BCUT2D eigenvalue weighted by atomic mass is 16.5. The van der Waals surface area contributed by atoms with Gasteiger partial charge in [0.15, 0.2) is 11.5 Å². The van der Waals surface area contributed by atoms with Crippen LogP contribution in [-0.2, 0) is 4.79 Å². The number of carboxylic acid groups (broad SMARTS) is 1. The molecule has 7 heteroatoms. The van der Waals surface area contributed by atoms with Gasteiger partial charge in [0.1, 0.15) is 0 Å². The van der Waals surface area contributed by atoms with Gasteiger partial charge in [-0.05, 0) is 19.1 Å². The topological polar surface area (TPSA) is 96.5 Å². The molecular formula is C14H15N3O4. The Kier molecular flexibility index (Phi) is 4.65. The minimum Gasteiger partial charge on any atom is -0.481 e. The molecule has 7 nitrogen and oxygen atoms in total. The van der Waals surface area contributed by atoms with Crippen LogP contribution in [0.4, 0.5) is 0 Å². The van der Waals surface area contributed by atoms with E-state index in [1.807, 2.05) is 0 Å². The maximum Gasteiger partial charge on any atom is 0.305 e. The highest BCUT2D eigenvalue weighted by Gasteiger charge is 2.19. The van der Waals surface area contributed by atoms with Gasteiger partial charge in [0.25, 0.3) is 5.91 Å². The Morgan fingerprint density at radius 1 is 1.43 bits per heavy atom. The van der Waals surface area contributed by atoms with E-state index in [-0.39, 0.29) is 24.6 Å². The van der Waals surface area contributed by atoms with Crippen molar-refractivity contribution in [3.05, 3.63) is 36.3 Å². The molecule has 0 saturated heterocycles. The van der Waals surface area contributed by atoms with Crippen molar-refractivity contribution in [1.82, 2.24) is 15.0 Å². The molecule has 0 fully saturated rings. The lowest BCUT2D eigenvalue weighted by Crippen LogP contribution is -2.33. The number of nitrogens with zero attached hydrogens (tertiary/aromatic N) is 3. The van der Waals surface area contributed by atoms with Crippen molar-refractivity contribution >= 4 is 11.9 Å². The van der Waals surface area contributed by atoms with Crippen molar-refractivity contribution in [1.29, 1.82) is 0 Å². The minimum absolute atomic E-state index is 0.104.